The summed E-state index contributed by atoms with van der Waals surface area (Å²) in [6.07, 6.45) is 6.99. The molecule has 0 spiro atoms. The number of nitrogens with two attached hydrogens (primary N) is 1. The molecule has 0 aromatic heterocycles. The van der Waals surface area contributed by atoms with E-state index >= 15 is 0 Å². The van der Waals surface area contributed by atoms with Crippen LogP contribution in [0.25, 0.3) is 0 Å². The van der Waals surface area contributed by atoms with Gasteiger partial charge in [0.2, 0.25) is 0 Å². The van der Waals surface area contributed by atoms with Crippen LogP contribution in [-0.2, 0) is 4.74 Å². The highest BCUT2D eigenvalue weighted by atomic mass is 16.5. The molecule has 96 valence electrons. The fraction of sp³-hybridized carbons (Fsp3) is 0.357. The van der Waals surface area contributed by atoms with Crippen molar-refractivity contribution in [2.45, 2.75) is 19.8 Å². The van der Waals surface area contributed by atoms with Crippen molar-refractivity contribution in [1.82, 2.24) is 0 Å². The number of carbonyl (C=O) groups excluding carboxylic acids is 1. The molecule has 0 aliphatic rings. The van der Waals surface area contributed by atoms with Crippen molar-refractivity contribution in [2.75, 3.05) is 18.9 Å². The monoisotopic (exact) mass is 247 g/mol. The average molecular weight is 247 g/mol. The molecule has 0 fully saturated rings. The quantitative estimate of drug-likeness (QED) is 0.362. The summed E-state index contributed by atoms with van der Waals surface area (Å²) in [5, 5.41) is 0. The molecule has 0 saturated carbocycles. The molecule has 0 bridgehead atoms. The summed E-state index contributed by atoms with van der Waals surface area (Å²) in [6, 6.07) is 4.78. The smallest absolute Gasteiger partial charge is 0.339 e. The van der Waals surface area contributed by atoms with Crippen molar-refractivity contribution in [3.8, 4) is 18.1 Å². The van der Waals surface area contributed by atoms with Crippen LogP contribution in [-0.4, -0.2) is 19.2 Å². The molecule has 1 aromatic rings. The molecular weight excluding hydrogens is 230 g/mol. The molecule has 0 aliphatic carbocycles. The summed E-state index contributed by atoms with van der Waals surface area (Å²) >= 11 is 0. The number of nitrogen functional groups attached to an aromatic ring is 1. The van der Waals surface area contributed by atoms with Crippen molar-refractivity contribution in [3.63, 3.8) is 0 Å². The topological polar surface area (TPSA) is 61.5 Å². The largest absolute Gasteiger partial charge is 0.491 e. The number of unbranched alkanes of at least 4 members (excludes halogenated alkanes) is 1. The van der Waals surface area contributed by atoms with E-state index in [4.69, 9.17) is 21.6 Å². The third-order valence-electron chi connectivity index (χ3n) is 2.29. The second-order valence-electron chi connectivity index (χ2n) is 3.73. The van der Waals surface area contributed by atoms with Gasteiger partial charge in [-0.3, -0.25) is 0 Å². The molecule has 18 heavy (non-hydrogen) atoms. The highest BCUT2D eigenvalue weighted by molar-refractivity contribution is 5.90. The Kier molecular flexibility index (Phi) is 5.59. The molecule has 1 rings (SSSR count). The first-order chi connectivity index (χ1) is 8.69. The van der Waals surface area contributed by atoms with Gasteiger partial charge < -0.3 is 15.2 Å². The lowest BCUT2D eigenvalue weighted by Crippen LogP contribution is -2.07. The first-order valence-corrected chi connectivity index (χ1v) is 5.82. The van der Waals surface area contributed by atoms with E-state index in [0.717, 1.165) is 12.8 Å². The van der Waals surface area contributed by atoms with Gasteiger partial charge in [-0.25, -0.2) is 4.79 Å². The van der Waals surface area contributed by atoms with Crippen LogP contribution >= 0.6 is 0 Å². The third kappa shape index (κ3) is 4.02. The summed E-state index contributed by atoms with van der Waals surface area (Å²) in [4.78, 5) is 11.6. The normalized spacial score (nSPS) is 9.56. The van der Waals surface area contributed by atoms with E-state index < -0.39 is 5.97 Å². The summed E-state index contributed by atoms with van der Waals surface area (Å²) in [5.41, 5.74) is 6.64. The van der Waals surface area contributed by atoms with Gasteiger partial charge in [0.25, 0.3) is 0 Å². The number of esters is 1. The van der Waals surface area contributed by atoms with Gasteiger partial charge in [0, 0.05) is 0 Å². The van der Waals surface area contributed by atoms with Crippen LogP contribution in [0.5, 0.6) is 5.75 Å². The Bertz CT molecular complexity index is 449. The summed E-state index contributed by atoms with van der Waals surface area (Å²) < 4.78 is 10.3. The molecule has 0 amide bonds. The maximum Gasteiger partial charge on any atom is 0.339 e. The second-order valence-corrected chi connectivity index (χ2v) is 3.73. The zero-order valence-electron chi connectivity index (χ0n) is 10.4. The van der Waals surface area contributed by atoms with Gasteiger partial charge in [-0.1, -0.05) is 19.3 Å². The lowest BCUT2D eigenvalue weighted by Gasteiger charge is -2.09. The van der Waals surface area contributed by atoms with Crippen LogP contribution in [0.1, 0.15) is 30.1 Å². The van der Waals surface area contributed by atoms with Crippen molar-refractivity contribution in [2.24, 2.45) is 0 Å². The number of anilines is 1. The van der Waals surface area contributed by atoms with Crippen molar-refractivity contribution < 1.29 is 14.3 Å². The predicted molar refractivity (Wildman–Crippen MR) is 70.4 cm³/mol. The molecule has 4 heteroatoms. The Morgan fingerprint density at radius 3 is 2.94 bits per heavy atom. The van der Waals surface area contributed by atoms with Crippen molar-refractivity contribution >= 4 is 11.7 Å². The van der Waals surface area contributed by atoms with E-state index in [9.17, 15) is 4.79 Å². The number of ether oxygens (including phenoxy) is 2. The van der Waals surface area contributed by atoms with Gasteiger partial charge in [-0.15, -0.1) is 6.42 Å². The lowest BCUT2D eigenvalue weighted by molar-refractivity contribution is 0.0556. The van der Waals surface area contributed by atoms with Crippen molar-refractivity contribution in [1.29, 1.82) is 0 Å². The van der Waals surface area contributed by atoms with E-state index in [1.807, 2.05) is 0 Å². The molecule has 0 aliphatic heterocycles. The molecule has 0 atom stereocenters. The first kappa shape index (κ1) is 13.9. The summed E-state index contributed by atoms with van der Waals surface area (Å²) in [6.45, 7) is 2.60. The molecule has 0 unspecified atom stereocenters. The minimum atomic E-state index is -0.478. The van der Waals surface area contributed by atoms with Crippen LogP contribution in [0.4, 0.5) is 5.69 Å². The molecular formula is C14H17NO3. The third-order valence-corrected chi connectivity index (χ3v) is 2.29. The number of carbonyl (C=O) groups is 1. The minimum Gasteiger partial charge on any atom is -0.491 e. The van der Waals surface area contributed by atoms with E-state index in [0.29, 0.717) is 23.6 Å². The van der Waals surface area contributed by atoms with Crippen LogP contribution in [0, 0.1) is 12.3 Å². The molecule has 4 nitrogen and oxygen atoms in total. The van der Waals surface area contributed by atoms with Crippen LogP contribution in [0.3, 0.4) is 0 Å². The van der Waals surface area contributed by atoms with Crippen LogP contribution in [0.15, 0.2) is 18.2 Å². The number of hydrogen-bond acceptors (Lipinski definition) is 4. The van der Waals surface area contributed by atoms with Gasteiger partial charge >= 0.3 is 5.97 Å². The number of benzene rings is 1. The fourth-order valence-electron chi connectivity index (χ4n) is 1.30. The maximum absolute atomic E-state index is 11.6. The first-order valence-electron chi connectivity index (χ1n) is 5.82. The molecule has 0 radical (unpaired) electrons. The zero-order valence-corrected chi connectivity index (χ0v) is 10.4. The van der Waals surface area contributed by atoms with Gasteiger partial charge in [0.15, 0.2) is 6.61 Å². The molecule has 0 saturated heterocycles. The summed E-state index contributed by atoms with van der Waals surface area (Å²) in [7, 11) is 0. The number of rotatable bonds is 6. The Hall–Kier alpha value is -2.15. The fourth-order valence-corrected chi connectivity index (χ4v) is 1.30. The predicted octanol–water partition coefficient (Wildman–Crippen LogP) is 2.24. The Balaban J connectivity index is 2.74. The molecule has 1 aromatic carbocycles. The van der Waals surface area contributed by atoms with E-state index in [1.54, 1.807) is 18.2 Å². The van der Waals surface area contributed by atoms with E-state index in [1.165, 1.54) is 0 Å². The lowest BCUT2D eigenvalue weighted by atomic mass is 10.2. The summed E-state index contributed by atoms with van der Waals surface area (Å²) in [5.74, 6) is 2.26. The zero-order chi connectivity index (χ0) is 13.4. The maximum atomic E-state index is 11.6. The van der Waals surface area contributed by atoms with Crippen LogP contribution < -0.4 is 10.5 Å². The standard InChI is InChI=1S/C14H17NO3/c1-3-5-9-17-13-10-11(6-7-12(13)15)14(16)18-8-4-2/h2,6-7,10H,3,5,8-9,15H2,1H3. The van der Waals surface area contributed by atoms with E-state index in [-0.39, 0.29) is 6.61 Å². The number of terminal acetylenes is 1. The Labute approximate surface area is 107 Å². The van der Waals surface area contributed by atoms with Gasteiger partial charge in [0.1, 0.15) is 5.75 Å². The molecule has 0 heterocycles. The molecule has 2 N–H and O–H groups in total. The van der Waals surface area contributed by atoms with Crippen molar-refractivity contribution in [3.05, 3.63) is 23.8 Å². The number of hydrogen-bond donors (Lipinski definition) is 1. The SMILES string of the molecule is C#CCOC(=O)c1ccc(N)c(OCCCC)c1. The second kappa shape index (κ2) is 7.23. The van der Waals surface area contributed by atoms with E-state index in [2.05, 4.69) is 12.8 Å². The van der Waals surface area contributed by atoms with Gasteiger partial charge in [-0.05, 0) is 24.6 Å². The highest BCUT2D eigenvalue weighted by Crippen LogP contribution is 2.23. The Morgan fingerprint density at radius 2 is 2.28 bits per heavy atom. The van der Waals surface area contributed by atoms with Crippen LogP contribution in [0.2, 0.25) is 0 Å². The average Bonchev–Trinajstić information content (AvgIpc) is 2.38. The van der Waals surface area contributed by atoms with Gasteiger partial charge in [-0.2, -0.15) is 0 Å². The Morgan fingerprint density at radius 1 is 1.50 bits per heavy atom. The minimum absolute atomic E-state index is 0.0464. The van der Waals surface area contributed by atoms with Gasteiger partial charge in [0.05, 0.1) is 17.9 Å². The highest BCUT2D eigenvalue weighted by Gasteiger charge is 2.10.